The monoisotopic (exact) mass is 525 g/mol. The Morgan fingerprint density at radius 1 is 0.811 bits per heavy atom. The smallest absolute Gasteiger partial charge is 0.269 e. The maximum absolute atomic E-state index is 13.5. The third-order valence-corrected chi connectivity index (χ3v) is 6.04. The summed E-state index contributed by atoms with van der Waals surface area (Å²) in [6.07, 6.45) is 0. The van der Waals surface area contributed by atoms with Crippen LogP contribution >= 0.6 is 23.8 Å². The van der Waals surface area contributed by atoms with E-state index in [1.165, 1.54) is 0 Å². The van der Waals surface area contributed by atoms with Gasteiger partial charge in [0.25, 0.3) is 11.5 Å². The van der Waals surface area contributed by atoms with Gasteiger partial charge >= 0.3 is 0 Å². The highest BCUT2D eigenvalue weighted by Crippen LogP contribution is 2.22. The number of para-hydroxylation sites is 1. The van der Waals surface area contributed by atoms with Crippen LogP contribution in [-0.2, 0) is 0 Å². The number of amides is 1. The van der Waals surface area contributed by atoms with Crippen molar-refractivity contribution in [1.82, 2.24) is 20.4 Å². The van der Waals surface area contributed by atoms with E-state index in [1.54, 1.807) is 59.2 Å². The van der Waals surface area contributed by atoms with E-state index in [9.17, 15) is 9.59 Å². The van der Waals surface area contributed by atoms with Crippen LogP contribution in [0.3, 0.4) is 0 Å². The summed E-state index contributed by atoms with van der Waals surface area (Å²) in [6.45, 7) is 0. The summed E-state index contributed by atoms with van der Waals surface area (Å²) in [7, 11) is 0. The first-order valence-electron chi connectivity index (χ1n) is 11.3. The number of thiocarbonyl (C=S) groups is 1. The summed E-state index contributed by atoms with van der Waals surface area (Å²) in [5.74, 6) is 0.126. The minimum Gasteiger partial charge on any atom is -0.331 e. The van der Waals surface area contributed by atoms with Gasteiger partial charge in [-0.25, -0.2) is 4.98 Å². The molecule has 1 amide bonds. The first-order valence-corrected chi connectivity index (χ1v) is 12.1. The third kappa shape index (κ3) is 5.35. The van der Waals surface area contributed by atoms with Crippen molar-refractivity contribution in [3.8, 4) is 17.1 Å². The van der Waals surface area contributed by atoms with Gasteiger partial charge in [-0.1, -0.05) is 54.1 Å². The van der Waals surface area contributed by atoms with Gasteiger partial charge in [-0.3, -0.25) is 25.0 Å². The molecule has 1 heterocycles. The highest BCUT2D eigenvalue weighted by Gasteiger charge is 2.15. The maximum Gasteiger partial charge on any atom is 0.269 e. The molecule has 5 rings (SSSR count). The van der Waals surface area contributed by atoms with Crippen molar-refractivity contribution >= 4 is 51.4 Å². The van der Waals surface area contributed by atoms with Crippen LogP contribution < -0.4 is 21.7 Å². The van der Waals surface area contributed by atoms with E-state index in [4.69, 9.17) is 28.8 Å². The number of anilines is 1. The normalized spacial score (nSPS) is 10.6. The summed E-state index contributed by atoms with van der Waals surface area (Å²) in [6, 6.07) is 30.4. The predicted octanol–water partition coefficient (Wildman–Crippen LogP) is 5.34. The number of carbonyl (C=O) groups excluding carboxylic acids is 1. The van der Waals surface area contributed by atoms with Crippen molar-refractivity contribution in [2.45, 2.75) is 0 Å². The lowest BCUT2D eigenvalue weighted by atomic mass is 10.1. The topological polar surface area (TPSA) is 88.1 Å². The number of hydrazine groups is 1. The van der Waals surface area contributed by atoms with Gasteiger partial charge in [-0.15, -0.1) is 0 Å². The predicted molar refractivity (Wildman–Crippen MR) is 151 cm³/mol. The summed E-state index contributed by atoms with van der Waals surface area (Å²) in [5.41, 5.74) is 8.16. The average molecular weight is 526 g/mol. The molecule has 5 aromatic rings. The SMILES string of the molecule is O=C(NNC(=S)Nc1ccc(Cl)cc1)c1ccc(-n2c(-c3ccccc3)nc3ccccc3c2=O)cc1. The Morgan fingerprint density at radius 3 is 2.22 bits per heavy atom. The van der Waals surface area contributed by atoms with Crippen LogP contribution in [0.25, 0.3) is 28.0 Å². The Balaban J connectivity index is 1.38. The van der Waals surface area contributed by atoms with Crippen molar-refractivity contribution in [2.24, 2.45) is 0 Å². The van der Waals surface area contributed by atoms with Gasteiger partial charge in [0.05, 0.1) is 16.6 Å². The molecule has 0 unspecified atom stereocenters. The fraction of sp³-hybridized carbons (Fsp3) is 0. The quantitative estimate of drug-likeness (QED) is 0.217. The van der Waals surface area contributed by atoms with E-state index in [1.807, 2.05) is 48.5 Å². The molecule has 4 aromatic carbocycles. The molecule has 0 atom stereocenters. The Bertz CT molecular complexity index is 1650. The van der Waals surface area contributed by atoms with Gasteiger partial charge in [0.15, 0.2) is 5.11 Å². The molecular weight excluding hydrogens is 506 g/mol. The molecule has 37 heavy (non-hydrogen) atoms. The standard InChI is InChI=1S/C28H20ClN5O2S/c29-20-12-14-21(15-13-20)30-28(37)33-32-26(35)19-10-16-22(17-11-19)34-25(18-6-2-1-3-7-18)31-24-9-5-4-8-23(24)27(34)36/h1-17H,(H,32,35)(H2,30,33,37). The molecule has 7 nitrogen and oxygen atoms in total. The van der Waals surface area contributed by atoms with E-state index < -0.39 is 0 Å². The van der Waals surface area contributed by atoms with Gasteiger partial charge in [-0.05, 0) is 72.9 Å². The highest BCUT2D eigenvalue weighted by molar-refractivity contribution is 7.80. The van der Waals surface area contributed by atoms with Crippen molar-refractivity contribution in [2.75, 3.05) is 5.32 Å². The Kier molecular flexibility index (Phi) is 6.93. The molecule has 0 bridgehead atoms. The van der Waals surface area contributed by atoms with Crippen LogP contribution in [0.2, 0.25) is 5.02 Å². The molecule has 9 heteroatoms. The van der Waals surface area contributed by atoms with Crippen molar-refractivity contribution in [1.29, 1.82) is 0 Å². The number of halogens is 1. The van der Waals surface area contributed by atoms with Crippen molar-refractivity contribution in [3.05, 3.63) is 124 Å². The lowest BCUT2D eigenvalue weighted by Gasteiger charge is -2.15. The second-order valence-corrected chi connectivity index (χ2v) is 8.89. The van der Waals surface area contributed by atoms with Gasteiger partial charge in [-0.2, -0.15) is 0 Å². The van der Waals surface area contributed by atoms with Crippen LogP contribution in [0.1, 0.15) is 10.4 Å². The molecule has 0 aliphatic rings. The van der Waals surface area contributed by atoms with Crippen LogP contribution in [0.5, 0.6) is 0 Å². The number of nitrogens with zero attached hydrogens (tertiary/aromatic N) is 2. The molecule has 0 radical (unpaired) electrons. The fourth-order valence-corrected chi connectivity index (χ4v) is 4.09. The molecule has 0 fully saturated rings. The van der Waals surface area contributed by atoms with Crippen LogP contribution in [-0.4, -0.2) is 20.6 Å². The molecular formula is C28H20ClN5O2S. The summed E-state index contributed by atoms with van der Waals surface area (Å²) in [4.78, 5) is 30.9. The van der Waals surface area contributed by atoms with Crippen LogP contribution in [0, 0.1) is 0 Å². The van der Waals surface area contributed by atoms with Crippen molar-refractivity contribution < 1.29 is 4.79 Å². The van der Waals surface area contributed by atoms with E-state index in [0.29, 0.717) is 33.0 Å². The van der Waals surface area contributed by atoms with Crippen LogP contribution in [0.4, 0.5) is 5.69 Å². The Morgan fingerprint density at radius 2 is 1.49 bits per heavy atom. The Hall–Kier alpha value is -4.53. The lowest BCUT2D eigenvalue weighted by Crippen LogP contribution is -2.43. The van der Waals surface area contributed by atoms with Gasteiger partial charge in [0.2, 0.25) is 0 Å². The fourth-order valence-electron chi connectivity index (χ4n) is 3.80. The number of aromatic nitrogens is 2. The van der Waals surface area contributed by atoms with Crippen molar-refractivity contribution in [3.63, 3.8) is 0 Å². The lowest BCUT2D eigenvalue weighted by molar-refractivity contribution is 0.0944. The number of carbonyl (C=O) groups is 1. The van der Waals surface area contributed by atoms with Gasteiger partial charge in [0.1, 0.15) is 5.82 Å². The average Bonchev–Trinajstić information content (AvgIpc) is 2.93. The zero-order chi connectivity index (χ0) is 25.8. The molecule has 182 valence electrons. The number of hydrogen-bond acceptors (Lipinski definition) is 4. The van der Waals surface area contributed by atoms with Gasteiger partial charge in [0, 0.05) is 21.8 Å². The molecule has 0 saturated heterocycles. The van der Waals surface area contributed by atoms with E-state index in [-0.39, 0.29) is 16.6 Å². The summed E-state index contributed by atoms with van der Waals surface area (Å²) >= 11 is 11.1. The first-order chi connectivity index (χ1) is 18.0. The second kappa shape index (κ2) is 10.6. The highest BCUT2D eigenvalue weighted by atomic mass is 35.5. The number of benzene rings is 4. The zero-order valence-corrected chi connectivity index (χ0v) is 20.9. The van der Waals surface area contributed by atoms with E-state index in [0.717, 1.165) is 11.3 Å². The molecule has 0 spiro atoms. The summed E-state index contributed by atoms with van der Waals surface area (Å²) in [5, 5.41) is 4.29. The second-order valence-electron chi connectivity index (χ2n) is 8.05. The number of hydrogen-bond donors (Lipinski definition) is 3. The minimum absolute atomic E-state index is 0.193. The molecule has 3 N–H and O–H groups in total. The molecule has 1 aromatic heterocycles. The number of fused-ring (bicyclic) bond motifs is 1. The Labute approximate surface area is 222 Å². The maximum atomic E-state index is 13.5. The molecule has 0 aliphatic carbocycles. The van der Waals surface area contributed by atoms with Gasteiger partial charge < -0.3 is 5.32 Å². The molecule has 0 aliphatic heterocycles. The van der Waals surface area contributed by atoms with Crippen LogP contribution in [0.15, 0.2) is 108 Å². The number of nitrogens with one attached hydrogen (secondary N) is 3. The largest absolute Gasteiger partial charge is 0.331 e. The van der Waals surface area contributed by atoms with E-state index >= 15 is 0 Å². The minimum atomic E-state index is -0.390. The van der Waals surface area contributed by atoms with E-state index in [2.05, 4.69) is 16.2 Å². The zero-order valence-electron chi connectivity index (χ0n) is 19.3. The molecule has 0 saturated carbocycles. The third-order valence-electron chi connectivity index (χ3n) is 5.59. The summed E-state index contributed by atoms with van der Waals surface area (Å²) < 4.78 is 1.56. The number of rotatable bonds is 4. The first kappa shape index (κ1) is 24.2.